The zero-order valence-corrected chi connectivity index (χ0v) is 10.6. The molecule has 1 heterocycles. The molecule has 10 heteroatoms. The van der Waals surface area contributed by atoms with Crippen molar-refractivity contribution in [3.8, 4) is 5.69 Å². The summed E-state index contributed by atoms with van der Waals surface area (Å²) in [6.45, 7) is 0. The molecule has 4 N–H and O–H groups in total. The van der Waals surface area contributed by atoms with Crippen molar-refractivity contribution in [1.29, 1.82) is 0 Å². The third kappa shape index (κ3) is 2.60. The Labute approximate surface area is 111 Å². The minimum absolute atomic E-state index is 0.00738. The van der Waals surface area contributed by atoms with Crippen LogP contribution in [0.3, 0.4) is 0 Å². The molecule has 1 aromatic heterocycles. The van der Waals surface area contributed by atoms with Crippen LogP contribution in [0.15, 0.2) is 35.5 Å². The van der Waals surface area contributed by atoms with Gasteiger partial charge in [-0.15, -0.1) is 0 Å². The van der Waals surface area contributed by atoms with Crippen molar-refractivity contribution in [3.05, 3.63) is 36.2 Å². The van der Waals surface area contributed by atoms with Gasteiger partial charge in [0.25, 0.3) is 0 Å². The highest BCUT2D eigenvalue weighted by molar-refractivity contribution is 7.89. The Morgan fingerprint density at radius 1 is 1.25 bits per heavy atom. The van der Waals surface area contributed by atoms with Crippen LogP contribution < -0.4 is 10.9 Å². The SMILES string of the molecule is Nc1c(-n2cc(C(F)(F)F)cn2)cccc1S(N)(=O)=O. The van der Waals surface area contributed by atoms with Crippen LogP contribution in [0.1, 0.15) is 5.56 Å². The fourth-order valence-corrected chi connectivity index (χ4v) is 2.26. The Kier molecular flexibility index (Phi) is 3.22. The van der Waals surface area contributed by atoms with Gasteiger partial charge in [-0.3, -0.25) is 0 Å². The molecule has 2 aromatic rings. The van der Waals surface area contributed by atoms with Gasteiger partial charge in [0.15, 0.2) is 0 Å². The number of primary sulfonamides is 1. The second-order valence-electron chi connectivity index (χ2n) is 3.91. The maximum atomic E-state index is 12.5. The summed E-state index contributed by atoms with van der Waals surface area (Å²) >= 11 is 0. The summed E-state index contributed by atoms with van der Waals surface area (Å²) in [5.41, 5.74) is 4.37. The van der Waals surface area contributed by atoms with Gasteiger partial charge in [-0.2, -0.15) is 18.3 Å². The smallest absolute Gasteiger partial charge is 0.396 e. The van der Waals surface area contributed by atoms with E-state index in [1.54, 1.807) is 0 Å². The van der Waals surface area contributed by atoms with Gasteiger partial charge >= 0.3 is 6.18 Å². The van der Waals surface area contributed by atoms with E-state index in [2.05, 4.69) is 5.10 Å². The summed E-state index contributed by atoms with van der Waals surface area (Å²) in [5, 5.41) is 8.48. The van der Waals surface area contributed by atoms with Crippen molar-refractivity contribution in [1.82, 2.24) is 9.78 Å². The first-order valence-corrected chi connectivity index (χ1v) is 6.69. The maximum absolute atomic E-state index is 12.5. The number of benzene rings is 1. The number of halogens is 3. The predicted octanol–water partition coefficient (Wildman–Crippen LogP) is 1.12. The van der Waals surface area contributed by atoms with E-state index >= 15 is 0 Å². The monoisotopic (exact) mass is 306 g/mol. The molecule has 0 aliphatic carbocycles. The van der Waals surface area contributed by atoms with Gasteiger partial charge in [0.05, 0.1) is 23.1 Å². The Morgan fingerprint density at radius 3 is 2.40 bits per heavy atom. The minimum atomic E-state index is -4.55. The fourth-order valence-electron chi connectivity index (χ4n) is 1.58. The first kappa shape index (κ1) is 14.3. The van der Waals surface area contributed by atoms with Crippen LogP contribution in [-0.2, 0) is 16.2 Å². The van der Waals surface area contributed by atoms with Gasteiger partial charge in [0, 0.05) is 6.20 Å². The summed E-state index contributed by atoms with van der Waals surface area (Å²) in [4.78, 5) is -0.376. The molecular weight excluding hydrogens is 297 g/mol. The zero-order valence-electron chi connectivity index (χ0n) is 9.79. The number of nitrogens with two attached hydrogens (primary N) is 2. The van der Waals surface area contributed by atoms with Crippen LogP contribution in [0.5, 0.6) is 0 Å². The fraction of sp³-hybridized carbons (Fsp3) is 0.100. The summed E-state index contributed by atoms with van der Waals surface area (Å²) in [6.07, 6.45) is -3.23. The van der Waals surface area contributed by atoms with Crippen molar-refractivity contribution in [3.63, 3.8) is 0 Å². The molecule has 0 saturated carbocycles. The second kappa shape index (κ2) is 4.49. The van der Waals surface area contributed by atoms with Gasteiger partial charge in [0.1, 0.15) is 4.90 Å². The molecule has 0 spiro atoms. The largest absolute Gasteiger partial charge is 0.419 e. The number of nitrogen functional groups attached to an aromatic ring is 1. The van der Waals surface area contributed by atoms with Crippen molar-refractivity contribution in [2.24, 2.45) is 5.14 Å². The summed E-state index contributed by atoms with van der Waals surface area (Å²) in [5.74, 6) is 0. The van der Waals surface area contributed by atoms with Crippen LogP contribution in [0.25, 0.3) is 5.69 Å². The Hall–Kier alpha value is -2.07. The molecule has 6 nitrogen and oxygen atoms in total. The number of sulfonamides is 1. The third-order valence-corrected chi connectivity index (χ3v) is 3.48. The number of para-hydroxylation sites is 1. The van der Waals surface area contributed by atoms with Gasteiger partial charge < -0.3 is 5.73 Å². The highest BCUT2D eigenvalue weighted by Crippen LogP contribution is 2.30. The minimum Gasteiger partial charge on any atom is -0.396 e. The molecule has 20 heavy (non-hydrogen) atoms. The molecule has 0 fully saturated rings. The van der Waals surface area contributed by atoms with Crippen LogP contribution in [-0.4, -0.2) is 18.2 Å². The number of alkyl halides is 3. The molecule has 0 unspecified atom stereocenters. The zero-order chi connectivity index (χ0) is 15.1. The molecule has 0 radical (unpaired) electrons. The standard InChI is InChI=1S/C10H9F3N4O2S/c11-10(12,13)6-4-16-17(5-6)7-2-1-3-8(9(7)14)20(15,18)19/h1-5H,14H2,(H2,15,18,19). The van der Waals surface area contributed by atoms with E-state index < -0.39 is 21.8 Å². The predicted molar refractivity (Wildman–Crippen MR) is 64.4 cm³/mol. The molecule has 0 aliphatic rings. The summed E-state index contributed by atoms with van der Waals surface area (Å²) in [7, 11) is -4.07. The number of aromatic nitrogens is 2. The van der Waals surface area contributed by atoms with Crippen molar-refractivity contribution in [2.75, 3.05) is 5.73 Å². The van der Waals surface area contributed by atoms with E-state index in [1.165, 1.54) is 12.1 Å². The van der Waals surface area contributed by atoms with Crippen LogP contribution >= 0.6 is 0 Å². The Bertz CT molecular complexity index is 752. The van der Waals surface area contributed by atoms with Gasteiger partial charge in [0.2, 0.25) is 10.0 Å². The lowest BCUT2D eigenvalue weighted by Crippen LogP contribution is -2.15. The lowest BCUT2D eigenvalue weighted by molar-refractivity contribution is -0.137. The van der Waals surface area contributed by atoms with Crippen LogP contribution in [0, 0.1) is 0 Å². The lowest BCUT2D eigenvalue weighted by atomic mass is 10.2. The third-order valence-electron chi connectivity index (χ3n) is 2.51. The normalized spacial score (nSPS) is 12.6. The van der Waals surface area contributed by atoms with Gasteiger partial charge in [-0.1, -0.05) is 6.07 Å². The molecular formula is C10H9F3N4O2S. The van der Waals surface area contributed by atoms with Crippen LogP contribution in [0.4, 0.5) is 18.9 Å². The number of hydrogen-bond acceptors (Lipinski definition) is 4. The molecule has 0 aliphatic heterocycles. The summed E-state index contributed by atoms with van der Waals surface area (Å²) < 4.78 is 60.9. The average molecular weight is 306 g/mol. The molecule has 2 rings (SSSR count). The average Bonchev–Trinajstić information content (AvgIpc) is 2.76. The quantitative estimate of drug-likeness (QED) is 0.811. The molecule has 1 aromatic carbocycles. The number of rotatable bonds is 2. The number of nitrogens with zero attached hydrogens (tertiary/aromatic N) is 2. The first-order chi connectivity index (χ1) is 9.10. The van der Waals surface area contributed by atoms with E-state index in [9.17, 15) is 21.6 Å². The molecule has 108 valence electrons. The van der Waals surface area contributed by atoms with Crippen molar-refractivity contribution < 1.29 is 21.6 Å². The molecule has 0 amide bonds. The second-order valence-corrected chi connectivity index (χ2v) is 5.44. The van der Waals surface area contributed by atoms with Crippen LogP contribution in [0.2, 0.25) is 0 Å². The molecule has 0 bridgehead atoms. The molecule has 0 atom stereocenters. The number of anilines is 1. The lowest BCUT2D eigenvalue weighted by Gasteiger charge is -2.09. The first-order valence-electron chi connectivity index (χ1n) is 5.14. The van der Waals surface area contributed by atoms with Gasteiger partial charge in [-0.25, -0.2) is 18.2 Å². The summed E-state index contributed by atoms with van der Waals surface area (Å²) in [6, 6.07) is 3.79. The topological polar surface area (TPSA) is 104 Å². The van der Waals surface area contributed by atoms with Gasteiger partial charge in [-0.05, 0) is 12.1 Å². The maximum Gasteiger partial charge on any atom is 0.419 e. The van der Waals surface area contributed by atoms with E-state index in [1.807, 2.05) is 0 Å². The Balaban J connectivity index is 2.57. The van der Waals surface area contributed by atoms with E-state index in [0.717, 1.165) is 10.7 Å². The van der Waals surface area contributed by atoms with E-state index in [4.69, 9.17) is 10.9 Å². The number of hydrogen-bond donors (Lipinski definition) is 2. The van der Waals surface area contributed by atoms with E-state index in [-0.39, 0.29) is 16.3 Å². The van der Waals surface area contributed by atoms with Crippen molar-refractivity contribution in [2.45, 2.75) is 11.1 Å². The molecule has 0 saturated heterocycles. The van der Waals surface area contributed by atoms with Crippen molar-refractivity contribution >= 4 is 15.7 Å². The highest BCUT2D eigenvalue weighted by Gasteiger charge is 2.32. The Morgan fingerprint density at radius 2 is 1.90 bits per heavy atom. The van der Waals surface area contributed by atoms with E-state index in [0.29, 0.717) is 12.4 Å². The highest BCUT2D eigenvalue weighted by atomic mass is 32.2.